The molecule has 0 spiro atoms. The summed E-state index contributed by atoms with van der Waals surface area (Å²) < 4.78 is 5.13. The summed E-state index contributed by atoms with van der Waals surface area (Å²) in [5.74, 6) is 1.33. The summed E-state index contributed by atoms with van der Waals surface area (Å²) in [5, 5.41) is 2.92. The summed E-state index contributed by atoms with van der Waals surface area (Å²) in [4.78, 5) is 14.2. The topological polar surface area (TPSA) is 41.6 Å². The van der Waals surface area contributed by atoms with Crippen molar-refractivity contribution in [2.45, 2.75) is 12.8 Å². The van der Waals surface area contributed by atoms with Crippen LogP contribution >= 0.6 is 0 Å². The Balaban J connectivity index is 1.86. The summed E-state index contributed by atoms with van der Waals surface area (Å²) in [6.07, 6.45) is 1.71. The number of ether oxygens (including phenoxy) is 1. The molecule has 0 radical (unpaired) electrons. The van der Waals surface area contributed by atoms with Gasteiger partial charge >= 0.3 is 0 Å². The molecule has 1 aromatic rings. The van der Waals surface area contributed by atoms with Crippen LogP contribution in [-0.2, 0) is 4.79 Å². The third kappa shape index (κ3) is 3.47. The average molecular weight is 248 g/mol. The highest BCUT2D eigenvalue weighted by Gasteiger charge is 2.21. The zero-order chi connectivity index (χ0) is 13.0. The molecule has 4 heteroatoms. The Morgan fingerprint density at radius 3 is 3.06 bits per heavy atom. The van der Waals surface area contributed by atoms with E-state index in [1.54, 1.807) is 7.11 Å². The Morgan fingerprint density at radius 1 is 1.56 bits per heavy atom. The number of nitrogens with one attached hydrogen (secondary N) is 1. The van der Waals surface area contributed by atoms with E-state index in [0.717, 1.165) is 30.9 Å². The molecule has 0 aliphatic carbocycles. The first-order valence-corrected chi connectivity index (χ1v) is 6.30. The molecule has 1 unspecified atom stereocenters. The predicted octanol–water partition coefficient (Wildman–Crippen LogP) is 1.98. The first kappa shape index (κ1) is 12.9. The van der Waals surface area contributed by atoms with E-state index in [4.69, 9.17) is 4.74 Å². The smallest absolute Gasteiger partial charge is 0.224 e. The number of amides is 1. The lowest BCUT2D eigenvalue weighted by molar-refractivity contribution is -0.117. The molecule has 1 fully saturated rings. The maximum atomic E-state index is 11.9. The average Bonchev–Trinajstić information content (AvgIpc) is 2.74. The Bertz CT molecular complexity index is 420. The van der Waals surface area contributed by atoms with E-state index in [1.807, 2.05) is 24.3 Å². The Hall–Kier alpha value is -1.55. The van der Waals surface area contributed by atoms with Gasteiger partial charge in [0.05, 0.1) is 7.11 Å². The van der Waals surface area contributed by atoms with Crippen molar-refractivity contribution >= 4 is 11.6 Å². The first-order chi connectivity index (χ1) is 8.67. The maximum Gasteiger partial charge on any atom is 0.224 e. The number of benzene rings is 1. The lowest BCUT2D eigenvalue weighted by Crippen LogP contribution is -2.19. The zero-order valence-corrected chi connectivity index (χ0v) is 11.0. The predicted molar refractivity (Wildman–Crippen MR) is 71.8 cm³/mol. The third-order valence-electron chi connectivity index (χ3n) is 3.32. The first-order valence-electron chi connectivity index (χ1n) is 6.30. The van der Waals surface area contributed by atoms with Crippen molar-refractivity contribution in [3.63, 3.8) is 0 Å². The highest BCUT2D eigenvalue weighted by Crippen LogP contribution is 2.20. The minimum Gasteiger partial charge on any atom is -0.497 e. The van der Waals surface area contributed by atoms with Crippen molar-refractivity contribution in [2.24, 2.45) is 5.92 Å². The summed E-state index contributed by atoms with van der Waals surface area (Å²) in [6.45, 7) is 2.11. The largest absolute Gasteiger partial charge is 0.497 e. The van der Waals surface area contributed by atoms with Crippen molar-refractivity contribution in [2.75, 3.05) is 32.6 Å². The van der Waals surface area contributed by atoms with Crippen molar-refractivity contribution in [3.8, 4) is 5.75 Å². The van der Waals surface area contributed by atoms with Gasteiger partial charge in [0.25, 0.3) is 0 Å². The van der Waals surface area contributed by atoms with E-state index in [9.17, 15) is 4.79 Å². The molecule has 1 aromatic carbocycles. The number of rotatable bonds is 4. The minimum absolute atomic E-state index is 0.0866. The van der Waals surface area contributed by atoms with Crippen LogP contribution in [0.5, 0.6) is 5.75 Å². The second kappa shape index (κ2) is 5.87. The van der Waals surface area contributed by atoms with Crippen molar-refractivity contribution < 1.29 is 9.53 Å². The normalized spacial score (nSPS) is 19.8. The molecule has 4 nitrogen and oxygen atoms in total. The van der Waals surface area contributed by atoms with E-state index < -0.39 is 0 Å². The van der Waals surface area contributed by atoms with Crippen LogP contribution in [0.2, 0.25) is 0 Å². The Labute approximate surface area is 108 Å². The van der Waals surface area contributed by atoms with E-state index in [-0.39, 0.29) is 5.91 Å². The maximum absolute atomic E-state index is 11.9. The molecule has 0 saturated carbocycles. The summed E-state index contributed by atoms with van der Waals surface area (Å²) in [6, 6.07) is 7.44. The lowest BCUT2D eigenvalue weighted by Gasteiger charge is -2.11. The molecule has 1 amide bonds. The van der Waals surface area contributed by atoms with Crippen molar-refractivity contribution in [3.05, 3.63) is 24.3 Å². The summed E-state index contributed by atoms with van der Waals surface area (Å²) in [7, 11) is 3.72. The fourth-order valence-corrected chi connectivity index (χ4v) is 2.37. The minimum atomic E-state index is 0.0866. The molecule has 98 valence electrons. The molecule has 0 bridgehead atoms. The van der Waals surface area contributed by atoms with Gasteiger partial charge in [0.15, 0.2) is 0 Å². The molecule has 1 N–H and O–H groups in total. The van der Waals surface area contributed by atoms with Gasteiger partial charge in [-0.05, 0) is 38.1 Å². The van der Waals surface area contributed by atoms with Gasteiger partial charge in [0.1, 0.15) is 5.75 Å². The summed E-state index contributed by atoms with van der Waals surface area (Å²) in [5.41, 5.74) is 0.797. The van der Waals surface area contributed by atoms with Crippen LogP contribution in [0.3, 0.4) is 0 Å². The molecule has 1 atom stereocenters. The number of nitrogens with zero attached hydrogens (tertiary/aromatic N) is 1. The van der Waals surface area contributed by atoms with Gasteiger partial charge < -0.3 is 15.0 Å². The van der Waals surface area contributed by atoms with Crippen LogP contribution in [0.25, 0.3) is 0 Å². The molecular weight excluding hydrogens is 228 g/mol. The van der Waals surface area contributed by atoms with Crippen LogP contribution in [0.4, 0.5) is 5.69 Å². The standard InChI is InChI=1S/C14H20N2O2/c1-16-7-6-11(10-16)8-14(17)15-12-4-3-5-13(9-12)18-2/h3-5,9,11H,6-8,10H2,1-2H3,(H,15,17). The number of methoxy groups -OCH3 is 1. The van der Waals surface area contributed by atoms with Gasteiger partial charge in [-0.3, -0.25) is 4.79 Å². The number of likely N-dealkylation sites (tertiary alicyclic amines) is 1. The van der Waals surface area contributed by atoms with Crippen LogP contribution in [0.1, 0.15) is 12.8 Å². The fraction of sp³-hybridized carbons (Fsp3) is 0.500. The highest BCUT2D eigenvalue weighted by molar-refractivity contribution is 5.91. The lowest BCUT2D eigenvalue weighted by atomic mass is 10.0. The van der Waals surface area contributed by atoms with E-state index >= 15 is 0 Å². The highest BCUT2D eigenvalue weighted by atomic mass is 16.5. The molecule has 1 aliphatic heterocycles. The van der Waals surface area contributed by atoms with Crippen LogP contribution < -0.4 is 10.1 Å². The monoisotopic (exact) mass is 248 g/mol. The number of anilines is 1. The Kier molecular flexibility index (Phi) is 4.20. The number of hydrogen-bond donors (Lipinski definition) is 1. The van der Waals surface area contributed by atoms with Crippen LogP contribution in [0.15, 0.2) is 24.3 Å². The third-order valence-corrected chi connectivity index (χ3v) is 3.32. The fourth-order valence-electron chi connectivity index (χ4n) is 2.37. The van der Waals surface area contributed by atoms with Crippen LogP contribution in [-0.4, -0.2) is 38.1 Å². The van der Waals surface area contributed by atoms with E-state index in [0.29, 0.717) is 12.3 Å². The second-order valence-electron chi connectivity index (χ2n) is 4.90. The van der Waals surface area contributed by atoms with Gasteiger partial charge in [0.2, 0.25) is 5.91 Å². The molecule has 1 saturated heterocycles. The Morgan fingerprint density at radius 2 is 2.39 bits per heavy atom. The van der Waals surface area contributed by atoms with Gasteiger partial charge in [-0.15, -0.1) is 0 Å². The molecule has 1 heterocycles. The van der Waals surface area contributed by atoms with Crippen LogP contribution in [0, 0.1) is 5.92 Å². The van der Waals surface area contributed by atoms with Gasteiger partial charge in [-0.2, -0.15) is 0 Å². The molecule has 2 rings (SSSR count). The molecule has 18 heavy (non-hydrogen) atoms. The van der Waals surface area contributed by atoms with Gasteiger partial charge in [-0.1, -0.05) is 6.07 Å². The van der Waals surface area contributed by atoms with Crippen molar-refractivity contribution in [1.29, 1.82) is 0 Å². The number of carbonyl (C=O) groups excluding carboxylic acids is 1. The zero-order valence-electron chi connectivity index (χ0n) is 11.0. The van der Waals surface area contributed by atoms with Crippen molar-refractivity contribution in [1.82, 2.24) is 4.90 Å². The van der Waals surface area contributed by atoms with Gasteiger partial charge in [0, 0.05) is 24.7 Å². The number of hydrogen-bond acceptors (Lipinski definition) is 3. The molecule has 1 aliphatic rings. The molecule has 0 aromatic heterocycles. The second-order valence-corrected chi connectivity index (χ2v) is 4.90. The van der Waals surface area contributed by atoms with Gasteiger partial charge in [-0.25, -0.2) is 0 Å². The quantitative estimate of drug-likeness (QED) is 0.885. The van der Waals surface area contributed by atoms with E-state index in [2.05, 4.69) is 17.3 Å². The number of carbonyl (C=O) groups is 1. The molecular formula is C14H20N2O2. The summed E-state index contributed by atoms with van der Waals surface area (Å²) >= 11 is 0. The van der Waals surface area contributed by atoms with E-state index in [1.165, 1.54) is 0 Å². The SMILES string of the molecule is COc1cccc(NC(=O)CC2CCN(C)C2)c1.